The van der Waals surface area contributed by atoms with Crippen molar-refractivity contribution in [3.05, 3.63) is 27.7 Å². The molecule has 1 heterocycles. The lowest BCUT2D eigenvalue weighted by Crippen LogP contribution is -2.22. The molecule has 2 fully saturated rings. The van der Waals surface area contributed by atoms with Gasteiger partial charge in [0.1, 0.15) is 5.75 Å². The highest BCUT2D eigenvalue weighted by atomic mass is 35.5. The van der Waals surface area contributed by atoms with Gasteiger partial charge < -0.3 is 14.8 Å². The topological polar surface area (TPSA) is 47.6 Å². The molecule has 1 saturated heterocycles. The van der Waals surface area contributed by atoms with E-state index in [4.69, 9.17) is 32.7 Å². The van der Waals surface area contributed by atoms with Crippen LogP contribution in [0.3, 0.4) is 0 Å². The number of hydrogen-bond donors (Lipinski definition) is 1. The maximum absolute atomic E-state index is 12.2. The number of amides is 1. The number of nitrogens with one attached hydrogen (secondary N) is 1. The SMILES string of the molecule is C[Si](C)(C)CCOCOc1ccc(Cl)c(Cl)c1C1CNC(=O)C12CC2. The quantitative estimate of drug-likeness (QED) is 0.409. The van der Waals surface area contributed by atoms with Crippen LogP contribution in [0.2, 0.25) is 35.7 Å². The van der Waals surface area contributed by atoms with Crippen molar-refractivity contribution in [1.82, 2.24) is 5.32 Å². The maximum atomic E-state index is 12.2. The minimum atomic E-state index is -1.12. The Kier molecular flexibility index (Phi) is 5.40. The Morgan fingerprint density at radius 2 is 2.00 bits per heavy atom. The van der Waals surface area contributed by atoms with E-state index in [1.807, 2.05) is 6.07 Å². The van der Waals surface area contributed by atoms with Gasteiger partial charge in [0, 0.05) is 32.7 Å². The van der Waals surface area contributed by atoms with E-state index in [0.29, 0.717) is 28.9 Å². The number of carbonyl (C=O) groups is 1. The number of halogens is 2. The van der Waals surface area contributed by atoms with Gasteiger partial charge in [-0.15, -0.1) is 0 Å². The van der Waals surface area contributed by atoms with Crippen molar-refractivity contribution in [2.24, 2.45) is 5.41 Å². The third-order valence-electron chi connectivity index (χ3n) is 5.11. The van der Waals surface area contributed by atoms with E-state index in [9.17, 15) is 4.79 Å². The first kappa shape index (κ1) is 19.0. The van der Waals surface area contributed by atoms with Crippen molar-refractivity contribution in [3.8, 4) is 5.75 Å². The number of rotatable bonds is 7. The predicted molar refractivity (Wildman–Crippen MR) is 103 cm³/mol. The molecule has 0 radical (unpaired) electrons. The van der Waals surface area contributed by atoms with Gasteiger partial charge in [0.2, 0.25) is 5.91 Å². The highest BCUT2D eigenvalue weighted by Crippen LogP contribution is 2.61. The molecule has 1 aromatic carbocycles. The largest absolute Gasteiger partial charge is 0.467 e. The molecule has 1 atom stereocenters. The molecule has 1 saturated carbocycles. The molecule has 1 unspecified atom stereocenters. The van der Waals surface area contributed by atoms with Gasteiger partial charge in [0.05, 0.1) is 15.5 Å². The van der Waals surface area contributed by atoms with Gasteiger partial charge in [-0.3, -0.25) is 4.79 Å². The summed E-state index contributed by atoms with van der Waals surface area (Å²) >= 11 is 12.7. The van der Waals surface area contributed by atoms with Crippen LogP contribution in [0.15, 0.2) is 12.1 Å². The van der Waals surface area contributed by atoms with E-state index in [0.717, 1.165) is 24.4 Å². The first-order chi connectivity index (χ1) is 11.7. The molecule has 1 aliphatic heterocycles. The molecular formula is C18H25Cl2NO3Si. The van der Waals surface area contributed by atoms with E-state index in [-0.39, 0.29) is 24.0 Å². The van der Waals surface area contributed by atoms with E-state index in [1.54, 1.807) is 6.07 Å². The normalized spacial score (nSPS) is 21.5. The monoisotopic (exact) mass is 401 g/mol. The van der Waals surface area contributed by atoms with Crippen LogP contribution in [0.5, 0.6) is 5.75 Å². The molecule has 0 bridgehead atoms. The number of hydrogen-bond acceptors (Lipinski definition) is 3. The lowest BCUT2D eigenvalue weighted by molar-refractivity contribution is -0.123. The second-order valence-electron chi connectivity index (χ2n) is 8.17. The first-order valence-electron chi connectivity index (χ1n) is 8.71. The number of carbonyl (C=O) groups excluding carboxylic acids is 1. The number of benzene rings is 1. The molecular weight excluding hydrogens is 377 g/mol. The summed E-state index contributed by atoms with van der Waals surface area (Å²) in [7, 11) is -1.12. The van der Waals surface area contributed by atoms with E-state index < -0.39 is 8.07 Å². The zero-order valence-electron chi connectivity index (χ0n) is 15.0. The molecule has 25 heavy (non-hydrogen) atoms. The minimum absolute atomic E-state index is 0.00295. The van der Waals surface area contributed by atoms with Crippen LogP contribution in [0, 0.1) is 5.41 Å². The van der Waals surface area contributed by atoms with Crippen LogP contribution >= 0.6 is 23.2 Å². The van der Waals surface area contributed by atoms with Crippen LogP contribution in [0.25, 0.3) is 0 Å². The lowest BCUT2D eigenvalue weighted by Gasteiger charge is -2.22. The van der Waals surface area contributed by atoms with Crippen LogP contribution < -0.4 is 10.1 Å². The first-order valence-corrected chi connectivity index (χ1v) is 13.2. The predicted octanol–water partition coefficient (Wildman–Crippen LogP) is 4.68. The molecule has 2 aliphatic rings. The summed E-state index contributed by atoms with van der Waals surface area (Å²) < 4.78 is 11.5. The molecule has 0 aromatic heterocycles. The summed E-state index contributed by atoms with van der Waals surface area (Å²) in [6.45, 7) is 8.39. The van der Waals surface area contributed by atoms with Gasteiger partial charge in [-0.05, 0) is 31.0 Å². The van der Waals surface area contributed by atoms with E-state index >= 15 is 0 Å². The van der Waals surface area contributed by atoms with Gasteiger partial charge in [-0.1, -0.05) is 42.8 Å². The smallest absolute Gasteiger partial charge is 0.226 e. The summed E-state index contributed by atoms with van der Waals surface area (Å²) in [6.07, 6.45) is 1.77. The van der Waals surface area contributed by atoms with Crippen LogP contribution in [0.1, 0.15) is 24.3 Å². The van der Waals surface area contributed by atoms with Crippen molar-refractivity contribution in [2.75, 3.05) is 19.9 Å². The Labute approximate surface area is 160 Å². The van der Waals surface area contributed by atoms with Gasteiger partial charge in [0.25, 0.3) is 0 Å². The standard InChI is InChI=1S/C18H25Cl2NO3Si/c1-25(2,3)9-8-23-11-24-14-5-4-13(19)16(20)15(14)12-10-21-17(22)18(12)6-7-18/h4-5,12H,6-11H2,1-3H3,(H,21,22). The Bertz CT molecular complexity index is 671. The molecule has 138 valence electrons. The molecule has 1 aliphatic carbocycles. The highest BCUT2D eigenvalue weighted by Gasteiger charge is 2.60. The van der Waals surface area contributed by atoms with E-state index in [1.165, 1.54) is 0 Å². The molecule has 1 aromatic rings. The van der Waals surface area contributed by atoms with Crippen LogP contribution in [-0.2, 0) is 9.53 Å². The molecule has 1 N–H and O–H groups in total. The third kappa shape index (κ3) is 4.00. The van der Waals surface area contributed by atoms with Crippen LogP contribution in [0.4, 0.5) is 0 Å². The molecule has 1 spiro atoms. The van der Waals surface area contributed by atoms with Gasteiger partial charge in [-0.25, -0.2) is 0 Å². The second-order valence-corrected chi connectivity index (χ2v) is 14.6. The number of ether oxygens (including phenoxy) is 2. The molecule has 3 rings (SSSR count). The summed E-state index contributed by atoms with van der Waals surface area (Å²) in [6, 6.07) is 4.65. The molecule has 1 amide bonds. The van der Waals surface area contributed by atoms with Crippen molar-refractivity contribution >= 4 is 37.2 Å². The molecule has 4 nitrogen and oxygen atoms in total. The van der Waals surface area contributed by atoms with Crippen molar-refractivity contribution in [2.45, 2.75) is 44.4 Å². The van der Waals surface area contributed by atoms with Crippen molar-refractivity contribution in [1.29, 1.82) is 0 Å². The second kappa shape index (κ2) is 7.10. The van der Waals surface area contributed by atoms with Crippen molar-refractivity contribution < 1.29 is 14.3 Å². The van der Waals surface area contributed by atoms with Crippen LogP contribution in [-0.4, -0.2) is 33.9 Å². The zero-order valence-corrected chi connectivity index (χ0v) is 17.5. The summed E-state index contributed by atoms with van der Waals surface area (Å²) in [5.41, 5.74) is 0.504. The zero-order chi connectivity index (χ0) is 18.2. The lowest BCUT2D eigenvalue weighted by atomic mass is 9.85. The fourth-order valence-electron chi connectivity index (χ4n) is 3.35. The van der Waals surface area contributed by atoms with Gasteiger partial charge >= 0.3 is 0 Å². The molecule has 7 heteroatoms. The summed E-state index contributed by atoms with van der Waals surface area (Å²) in [5.74, 6) is 0.782. The Morgan fingerprint density at radius 1 is 1.28 bits per heavy atom. The van der Waals surface area contributed by atoms with E-state index in [2.05, 4.69) is 25.0 Å². The van der Waals surface area contributed by atoms with Gasteiger partial charge in [-0.2, -0.15) is 0 Å². The maximum Gasteiger partial charge on any atom is 0.226 e. The fraction of sp³-hybridized carbons (Fsp3) is 0.611. The van der Waals surface area contributed by atoms with Gasteiger partial charge in [0.15, 0.2) is 6.79 Å². The average molecular weight is 402 g/mol. The fourth-order valence-corrected chi connectivity index (χ4v) is 4.56. The third-order valence-corrected chi connectivity index (χ3v) is 7.63. The minimum Gasteiger partial charge on any atom is -0.467 e. The average Bonchev–Trinajstić information content (AvgIpc) is 3.26. The summed E-state index contributed by atoms with van der Waals surface area (Å²) in [4.78, 5) is 12.2. The highest BCUT2D eigenvalue weighted by molar-refractivity contribution is 6.76. The summed E-state index contributed by atoms with van der Waals surface area (Å²) in [5, 5.41) is 3.93. The Morgan fingerprint density at radius 3 is 2.64 bits per heavy atom. The van der Waals surface area contributed by atoms with Crippen molar-refractivity contribution in [3.63, 3.8) is 0 Å². The Balaban J connectivity index is 1.72. The Hall–Kier alpha value is -0.753.